The number of hydrogen-bond donors (Lipinski definition) is 0. The van der Waals surface area contributed by atoms with Gasteiger partial charge in [-0.3, -0.25) is 14.7 Å². The van der Waals surface area contributed by atoms with E-state index in [0.717, 1.165) is 17.8 Å². The van der Waals surface area contributed by atoms with E-state index in [-0.39, 0.29) is 5.43 Å². The zero-order chi connectivity index (χ0) is 17.8. The first-order chi connectivity index (χ1) is 12.0. The second-order valence-corrected chi connectivity index (χ2v) is 6.97. The van der Waals surface area contributed by atoms with Crippen LogP contribution in [0.3, 0.4) is 0 Å². The first kappa shape index (κ1) is 17.4. The largest absolute Gasteiger partial charge is 0.464 e. The summed E-state index contributed by atoms with van der Waals surface area (Å²) in [5.41, 5.74) is 3.45. The Balaban J connectivity index is 1.89. The molecule has 0 aliphatic heterocycles. The molecule has 2 heterocycles. The monoisotopic (exact) mass is 336 g/mol. The number of aromatic nitrogens is 1. The molecule has 3 rings (SSSR count). The van der Waals surface area contributed by atoms with Gasteiger partial charge in [-0.15, -0.1) is 0 Å². The van der Waals surface area contributed by atoms with Gasteiger partial charge in [0.1, 0.15) is 5.58 Å². The maximum atomic E-state index is 12.9. The van der Waals surface area contributed by atoms with Gasteiger partial charge in [-0.1, -0.05) is 31.5 Å². The molecule has 0 spiro atoms. The minimum absolute atomic E-state index is 0.0553. The Hall–Kier alpha value is -2.46. The van der Waals surface area contributed by atoms with Gasteiger partial charge >= 0.3 is 0 Å². The molecule has 0 radical (unpaired) electrons. The number of aryl methyl sites for hydroxylation is 1. The fraction of sp³-hybridized carbons (Fsp3) is 0.333. The SMILES string of the molecule is Cc1ccc2occ(CN(Cc3ccccn3)CC(C)C)c(=O)c2c1. The minimum Gasteiger partial charge on any atom is -0.464 e. The molecule has 2 aromatic heterocycles. The van der Waals surface area contributed by atoms with E-state index in [1.807, 2.05) is 43.3 Å². The number of fused-ring (bicyclic) bond motifs is 1. The average Bonchev–Trinajstić information content (AvgIpc) is 2.58. The Morgan fingerprint density at radius 1 is 1.16 bits per heavy atom. The molecule has 0 N–H and O–H groups in total. The zero-order valence-electron chi connectivity index (χ0n) is 15.0. The van der Waals surface area contributed by atoms with Gasteiger partial charge in [0.15, 0.2) is 5.43 Å². The van der Waals surface area contributed by atoms with E-state index < -0.39 is 0 Å². The van der Waals surface area contributed by atoms with Crippen LogP contribution < -0.4 is 5.43 Å². The van der Waals surface area contributed by atoms with Crippen LogP contribution in [0.1, 0.15) is 30.7 Å². The lowest BCUT2D eigenvalue weighted by molar-refractivity contribution is 0.223. The van der Waals surface area contributed by atoms with Crippen molar-refractivity contribution in [2.45, 2.75) is 33.9 Å². The highest BCUT2D eigenvalue weighted by Gasteiger charge is 2.14. The van der Waals surface area contributed by atoms with E-state index in [1.165, 1.54) is 0 Å². The number of nitrogens with zero attached hydrogens (tertiary/aromatic N) is 2. The Kier molecular flexibility index (Phi) is 5.29. The first-order valence-electron chi connectivity index (χ1n) is 8.66. The molecule has 3 aromatic rings. The van der Waals surface area contributed by atoms with Gasteiger partial charge in [-0.25, -0.2) is 0 Å². The van der Waals surface area contributed by atoms with Gasteiger partial charge in [0, 0.05) is 31.4 Å². The maximum absolute atomic E-state index is 12.9. The normalized spacial score (nSPS) is 11.6. The molecular formula is C21H24N2O2. The topological polar surface area (TPSA) is 46.3 Å². The van der Waals surface area contributed by atoms with E-state index in [0.29, 0.717) is 35.5 Å². The third-order valence-electron chi connectivity index (χ3n) is 4.13. The summed E-state index contributed by atoms with van der Waals surface area (Å²) < 4.78 is 5.69. The van der Waals surface area contributed by atoms with Crippen LogP contribution in [0.2, 0.25) is 0 Å². The van der Waals surface area contributed by atoms with Crippen LogP contribution in [-0.4, -0.2) is 16.4 Å². The van der Waals surface area contributed by atoms with Gasteiger partial charge in [0.25, 0.3) is 0 Å². The van der Waals surface area contributed by atoms with Gasteiger partial charge in [-0.05, 0) is 37.1 Å². The summed E-state index contributed by atoms with van der Waals surface area (Å²) in [5, 5.41) is 0.653. The number of hydrogen-bond acceptors (Lipinski definition) is 4. The van der Waals surface area contributed by atoms with Crippen LogP contribution in [0.25, 0.3) is 11.0 Å². The van der Waals surface area contributed by atoms with Crippen molar-refractivity contribution >= 4 is 11.0 Å². The molecule has 4 nitrogen and oxygen atoms in total. The molecular weight excluding hydrogens is 312 g/mol. The fourth-order valence-corrected chi connectivity index (χ4v) is 3.06. The highest BCUT2D eigenvalue weighted by atomic mass is 16.3. The summed E-state index contributed by atoms with van der Waals surface area (Å²) in [6, 6.07) is 11.6. The molecule has 0 aliphatic carbocycles. The Morgan fingerprint density at radius 2 is 2.00 bits per heavy atom. The Morgan fingerprint density at radius 3 is 2.72 bits per heavy atom. The molecule has 0 amide bonds. The quantitative estimate of drug-likeness (QED) is 0.678. The summed E-state index contributed by atoms with van der Waals surface area (Å²) in [6.07, 6.45) is 3.40. The molecule has 1 aromatic carbocycles. The molecule has 0 aliphatic rings. The maximum Gasteiger partial charge on any atom is 0.197 e. The van der Waals surface area contributed by atoms with Crippen molar-refractivity contribution in [3.8, 4) is 0 Å². The molecule has 25 heavy (non-hydrogen) atoms. The fourth-order valence-electron chi connectivity index (χ4n) is 3.06. The van der Waals surface area contributed by atoms with Gasteiger partial charge in [0.2, 0.25) is 0 Å². The number of pyridine rings is 1. The lowest BCUT2D eigenvalue weighted by Gasteiger charge is -2.23. The van der Waals surface area contributed by atoms with Gasteiger partial charge in [0.05, 0.1) is 17.3 Å². The number of rotatable bonds is 6. The molecule has 130 valence electrons. The van der Waals surface area contributed by atoms with Crippen molar-refractivity contribution in [2.75, 3.05) is 6.54 Å². The van der Waals surface area contributed by atoms with Crippen molar-refractivity contribution in [1.82, 2.24) is 9.88 Å². The second kappa shape index (κ2) is 7.62. The van der Waals surface area contributed by atoms with Crippen molar-refractivity contribution in [1.29, 1.82) is 0 Å². The summed E-state index contributed by atoms with van der Waals surface area (Å²) in [5.74, 6) is 0.499. The second-order valence-electron chi connectivity index (χ2n) is 6.97. The smallest absolute Gasteiger partial charge is 0.197 e. The standard InChI is InChI=1S/C21H24N2O2/c1-15(2)11-23(13-18-6-4-5-9-22-18)12-17-14-25-20-8-7-16(3)10-19(20)21(17)24/h4-10,14-15H,11-13H2,1-3H3. The lowest BCUT2D eigenvalue weighted by atomic mass is 10.1. The summed E-state index contributed by atoms with van der Waals surface area (Å²) in [6.45, 7) is 8.50. The molecule has 0 atom stereocenters. The van der Waals surface area contributed by atoms with Crippen LogP contribution in [0.15, 0.2) is 58.1 Å². The molecule has 0 bridgehead atoms. The lowest BCUT2D eigenvalue weighted by Crippen LogP contribution is -2.29. The summed E-state index contributed by atoms with van der Waals surface area (Å²) >= 11 is 0. The third-order valence-corrected chi connectivity index (χ3v) is 4.13. The van der Waals surface area contributed by atoms with Crippen molar-refractivity contribution in [3.05, 3.63) is 75.9 Å². The Bertz CT molecular complexity index is 901. The zero-order valence-corrected chi connectivity index (χ0v) is 15.0. The van der Waals surface area contributed by atoms with Crippen molar-refractivity contribution < 1.29 is 4.42 Å². The van der Waals surface area contributed by atoms with Crippen molar-refractivity contribution in [2.24, 2.45) is 5.92 Å². The van der Waals surface area contributed by atoms with Crippen molar-refractivity contribution in [3.63, 3.8) is 0 Å². The van der Waals surface area contributed by atoms with E-state index >= 15 is 0 Å². The Labute approximate surface area is 148 Å². The predicted octanol–water partition coefficient (Wildman–Crippen LogP) is 4.15. The molecule has 0 fully saturated rings. The van der Waals surface area contributed by atoms with Gasteiger partial charge in [-0.2, -0.15) is 0 Å². The van der Waals surface area contributed by atoms with Crippen LogP contribution >= 0.6 is 0 Å². The van der Waals surface area contributed by atoms with Crippen LogP contribution in [-0.2, 0) is 13.1 Å². The first-order valence-corrected chi connectivity index (χ1v) is 8.66. The average molecular weight is 336 g/mol. The summed E-state index contributed by atoms with van der Waals surface area (Å²) in [7, 11) is 0. The molecule has 0 saturated heterocycles. The predicted molar refractivity (Wildman–Crippen MR) is 100 cm³/mol. The van der Waals surface area contributed by atoms with E-state index in [4.69, 9.17) is 4.42 Å². The van der Waals surface area contributed by atoms with Gasteiger partial charge < -0.3 is 4.42 Å². The number of benzene rings is 1. The van der Waals surface area contributed by atoms with Crippen LogP contribution in [0, 0.1) is 12.8 Å². The van der Waals surface area contributed by atoms with Crippen LogP contribution in [0.5, 0.6) is 0 Å². The molecule has 4 heteroatoms. The van der Waals surface area contributed by atoms with E-state index in [9.17, 15) is 4.79 Å². The molecule has 0 unspecified atom stereocenters. The third kappa shape index (κ3) is 4.34. The highest BCUT2D eigenvalue weighted by Crippen LogP contribution is 2.15. The van der Waals surface area contributed by atoms with E-state index in [1.54, 1.807) is 12.5 Å². The molecule has 0 saturated carbocycles. The minimum atomic E-state index is 0.0553. The van der Waals surface area contributed by atoms with E-state index in [2.05, 4.69) is 23.7 Å². The van der Waals surface area contributed by atoms with Crippen LogP contribution in [0.4, 0.5) is 0 Å². The summed E-state index contributed by atoms with van der Waals surface area (Å²) in [4.78, 5) is 19.5. The highest BCUT2D eigenvalue weighted by molar-refractivity contribution is 5.77.